The van der Waals surface area contributed by atoms with Crippen LogP contribution in [0.25, 0.3) is 0 Å². The number of ether oxygens (including phenoxy) is 1. The monoisotopic (exact) mass is 642 g/mol. The maximum atomic E-state index is 12.9. The van der Waals surface area contributed by atoms with Crippen molar-refractivity contribution in [1.29, 1.82) is 5.26 Å². The van der Waals surface area contributed by atoms with Crippen molar-refractivity contribution in [2.24, 2.45) is 0 Å². The van der Waals surface area contributed by atoms with Crippen LogP contribution >= 0.6 is 11.6 Å². The first-order chi connectivity index (χ1) is 22.3. The second-order valence-electron chi connectivity index (χ2n) is 11.8. The summed E-state index contributed by atoms with van der Waals surface area (Å²) in [6, 6.07) is 18.2. The number of amides is 4. The fourth-order valence-electron chi connectivity index (χ4n) is 6.08. The highest BCUT2D eigenvalue weighted by Gasteiger charge is 2.26. The van der Waals surface area contributed by atoms with Crippen LogP contribution in [-0.4, -0.2) is 77.8 Å². The zero-order chi connectivity index (χ0) is 32.0. The number of carbonyl (C=O) groups excluding carboxylic acids is 3. The van der Waals surface area contributed by atoms with Gasteiger partial charge in [-0.05, 0) is 67.6 Å². The molecule has 0 bridgehead atoms. The molecule has 238 valence electrons. The van der Waals surface area contributed by atoms with Crippen LogP contribution in [0.15, 0.2) is 54.6 Å². The van der Waals surface area contributed by atoms with E-state index in [1.54, 1.807) is 29.2 Å². The summed E-state index contributed by atoms with van der Waals surface area (Å²) in [7, 11) is 0. The maximum Gasteiger partial charge on any atom is 0.328 e. The number of rotatable bonds is 8. The van der Waals surface area contributed by atoms with Crippen molar-refractivity contribution in [2.75, 3.05) is 42.5 Å². The number of anilines is 2. The Morgan fingerprint density at radius 1 is 1.00 bits per heavy atom. The van der Waals surface area contributed by atoms with E-state index in [1.165, 1.54) is 0 Å². The number of carbonyl (C=O) groups is 3. The second kappa shape index (κ2) is 14.1. The van der Waals surface area contributed by atoms with Crippen LogP contribution in [0.1, 0.15) is 53.7 Å². The second-order valence-corrected chi connectivity index (χ2v) is 12.2. The van der Waals surface area contributed by atoms with Gasteiger partial charge in [0.1, 0.15) is 11.8 Å². The number of imide groups is 1. The Balaban J connectivity index is 0.939. The maximum absolute atomic E-state index is 12.9. The topological polar surface area (TPSA) is 144 Å². The third-order valence-corrected chi connectivity index (χ3v) is 8.95. The zero-order valence-corrected chi connectivity index (χ0v) is 26.1. The molecule has 0 spiro atoms. The molecule has 2 N–H and O–H groups in total. The summed E-state index contributed by atoms with van der Waals surface area (Å²) in [4.78, 5) is 42.8. The summed E-state index contributed by atoms with van der Waals surface area (Å²) in [5, 5.41) is 23.5. The molecule has 3 fully saturated rings. The molecule has 3 heterocycles. The van der Waals surface area contributed by atoms with Crippen LogP contribution in [0.4, 0.5) is 16.3 Å². The lowest BCUT2D eigenvalue weighted by molar-refractivity contribution is -0.120. The SMILES string of the molecule is N#Cc1ccc(OC2CCC(NC(=O)c3ccc(N4CCN(Cc5cccc(N6CCC(=O)NC6=O)c5)CC4)nn3)CC2)cc1Cl. The molecule has 0 unspecified atom stereocenters. The summed E-state index contributed by atoms with van der Waals surface area (Å²) in [6.45, 7) is 4.34. The van der Waals surface area contributed by atoms with Crippen molar-refractivity contribution in [3.05, 3.63) is 76.4 Å². The summed E-state index contributed by atoms with van der Waals surface area (Å²) in [5.41, 5.74) is 2.59. The highest BCUT2D eigenvalue weighted by molar-refractivity contribution is 6.31. The molecule has 2 aliphatic heterocycles. The fourth-order valence-corrected chi connectivity index (χ4v) is 6.29. The molecule has 4 amide bonds. The first-order valence-corrected chi connectivity index (χ1v) is 15.9. The Hall–Kier alpha value is -4.73. The number of halogens is 1. The molecule has 2 saturated heterocycles. The Morgan fingerprint density at radius 2 is 1.80 bits per heavy atom. The van der Waals surface area contributed by atoms with E-state index >= 15 is 0 Å². The van der Waals surface area contributed by atoms with E-state index in [0.29, 0.717) is 35.0 Å². The molecule has 13 heteroatoms. The van der Waals surface area contributed by atoms with Gasteiger partial charge in [-0.1, -0.05) is 23.7 Å². The molecule has 0 atom stereocenters. The van der Waals surface area contributed by atoms with E-state index in [0.717, 1.165) is 75.5 Å². The largest absolute Gasteiger partial charge is 0.490 e. The minimum atomic E-state index is -0.382. The van der Waals surface area contributed by atoms with Gasteiger partial charge >= 0.3 is 6.03 Å². The number of urea groups is 1. The van der Waals surface area contributed by atoms with Gasteiger partial charge in [0, 0.05) is 63.5 Å². The first kappa shape index (κ1) is 31.3. The Labute approximate surface area is 272 Å². The molecule has 1 saturated carbocycles. The van der Waals surface area contributed by atoms with Crippen LogP contribution in [0.5, 0.6) is 5.75 Å². The Kier molecular flexibility index (Phi) is 9.61. The van der Waals surface area contributed by atoms with Gasteiger partial charge in [0.25, 0.3) is 5.91 Å². The van der Waals surface area contributed by atoms with E-state index in [2.05, 4.69) is 30.6 Å². The molecular formula is C33H35ClN8O4. The predicted octanol–water partition coefficient (Wildman–Crippen LogP) is 3.89. The lowest BCUT2D eigenvalue weighted by atomic mass is 9.93. The van der Waals surface area contributed by atoms with Crippen molar-refractivity contribution >= 4 is 41.0 Å². The molecule has 3 aromatic rings. The van der Waals surface area contributed by atoms with Crippen LogP contribution in [0.3, 0.4) is 0 Å². The molecule has 1 aromatic heterocycles. The molecule has 12 nitrogen and oxygen atoms in total. The standard InChI is InChI=1S/C33H35ClN8O4/c34-28-19-27(7-4-23(28)20-35)46-26-8-5-24(6-9-26)36-32(44)29-10-11-30(39-38-29)41-16-14-40(15-17-41)21-22-2-1-3-25(18-22)42-13-12-31(43)37-33(42)45/h1-4,7,10-11,18-19,24,26H,5-6,8-9,12-17,21H2,(H,36,44)(H,37,43,45). The van der Waals surface area contributed by atoms with Gasteiger partial charge < -0.3 is 15.0 Å². The number of nitrogens with one attached hydrogen (secondary N) is 2. The quantitative estimate of drug-likeness (QED) is 0.374. The molecule has 1 aliphatic carbocycles. The first-order valence-electron chi connectivity index (χ1n) is 15.5. The van der Waals surface area contributed by atoms with Gasteiger partial charge in [-0.25, -0.2) is 4.79 Å². The number of nitriles is 1. The van der Waals surface area contributed by atoms with Crippen LogP contribution in [0.2, 0.25) is 5.02 Å². The minimum Gasteiger partial charge on any atom is -0.490 e. The van der Waals surface area contributed by atoms with Crippen LogP contribution in [-0.2, 0) is 11.3 Å². The Morgan fingerprint density at radius 3 is 2.50 bits per heavy atom. The summed E-state index contributed by atoms with van der Waals surface area (Å²) in [6.07, 6.45) is 3.48. The number of benzene rings is 2. The van der Waals surface area contributed by atoms with Gasteiger partial charge in [0.15, 0.2) is 11.5 Å². The minimum absolute atomic E-state index is 0.0256. The van der Waals surface area contributed by atoms with E-state index in [9.17, 15) is 14.4 Å². The summed E-state index contributed by atoms with van der Waals surface area (Å²) < 4.78 is 6.05. The van der Waals surface area contributed by atoms with Gasteiger partial charge in [0.05, 0.1) is 16.7 Å². The molecule has 3 aliphatic rings. The Bertz CT molecular complexity index is 1630. The van der Waals surface area contributed by atoms with Gasteiger partial charge in [0.2, 0.25) is 5.91 Å². The summed E-state index contributed by atoms with van der Waals surface area (Å²) in [5.74, 6) is 0.905. The van der Waals surface area contributed by atoms with Crippen LogP contribution < -0.4 is 25.2 Å². The molecule has 0 radical (unpaired) electrons. The van der Waals surface area contributed by atoms with Crippen molar-refractivity contribution in [1.82, 2.24) is 25.7 Å². The van der Waals surface area contributed by atoms with Crippen molar-refractivity contribution in [2.45, 2.75) is 50.8 Å². The van der Waals surface area contributed by atoms with E-state index < -0.39 is 0 Å². The smallest absolute Gasteiger partial charge is 0.328 e. The van der Waals surface area contributed by atoms with Gasteiger partial charge in [-0.15, -0.1) is 10.2 Å². The number of hydrogen-bond donors (Lipinski definition) is 2. The van der Waals surface area contributed by atoms with Gasteiger partial charge in [-0.3, -0.25) is 24.7 Å². The van der Waals surface area contributed by atoms with Crippen molar-refractivity contribution in [3.8, 4) is 11.8 Å². The predicted molar refractivity (Wildman–Crippen MR) is 172 cm³/mol. The average molecular weight is 643 g/mol. The number of hydrogen-bond acceptors (Lipinski definition) is 9. The molecule has 6 rings (SSSR count). The summed E-state index contributed by atoms with van der Waals surface area (Å²) >= 11 is 6.12. The zero-order valence-electron chi connectivity index (χ0n) is 25.3. The molecule has 2 aromatic carbocycles. The van der Waals surface area contributed by atoms with Crippen molar-refractivity contribution in [3.63, 3.8) is 0 Å². The highest BCUT2D eigenvalue weighted by Crippen LogP contribution is 2.27. The molecule has 46 heavy (non-hydrogen) atoms. The third kappa shape index (κ3) is 7.55. The highest BCUT2D eigenvalue weighted by atomic mass is 35.5. The van der Waals surface area contributed by atoms with E-state index in [4.69, 9.17) is 21.6 Å². The fraction of sp³-hybridized carbons (Fsp3) is 0.394. The van der Waals surface area contributed by atoms with Crippen molar-refractivity contribution < 1.29 is 19.1 Å². The molecular weight excluding hydrogens is 608 g/mol. The number of aromatic nitrogens is 2. The average Bonchev–Trinajstić information content (AvgIpc) is 3.06. The lowest BCUT2D eigenvalue weighted by Crippen LogP contribution is -2.49. The van der Waals surface area contributed by atoms with E-state index in [1.807, 2.05) is 36.4 Å². The normalized spacial score (nSPS) is 20.5. The number of nitrogens with zero attached hydrogens (tertiary/aromatic N) is 6. The third-order valence-electron chi connectivity index (χ3n) is 8.63. The van der Waals surface area contributed by atoms with Gasteiger partial charge in [-0.2, -0.15) is 5.26 Å². The van der Waals surface area contributed by atoms with Crippen LogP contribution in [0, 0.1) is 11.3 Å². The van der Waals surface area contributed by atoms with E-state index in [-0.39, 0.29) is 30.0 Å². The number of piperazine rings is 1. The lowest BCUT2D eigenvalue weighted by Gasteiger charge is -2.35.